The fourth-order valence-corrected chi connectivity index (χ4v) is 3.60. The second-order valence-corrected chi connectivity index (χ2v) is 7.52. The lowest BCUT2D eigenvalue weighted by atomic mass is 9.84. The third-order valence-electron chi connectivity index (χ3n) is 5.34. The number of ether oxygens (including phenoxy) is 2. The molecule has 0 amide bonds. The Bertz CT molecular complexity index is 1050. The number of rotatable bonds is 8. The molecular weight excluding hydrogens is 376 g/mol. The third-order valence-corrected chi connectivity index (χ3v) is 5.34. The molecule has 0 radical (unpaired) electrons. The number of unbranched alkanes of at least 4 members (excludes halogenated alkanes) is 3. The van der Waals surface area contributed by atoms with Crippen LogP contribution in [0.25, 0.3) is 11.1 Å². The Morgan fingerprint density at radius 1 is 0.733 bits per heavy atom. The van der Waals surface area contributed by atoms with E-state index in [1.165, 1.54) is 31.2 Å². The molecule has 5 rings (SSSR count). The van der Waals surface area contributed by atoms with Gasteiger partial charge in [-0.3, -0.25) is 4.79 Å². The lowest BCUT2D eigenvalue weighted by Crippen LogP contribution is -2.14. The van der Waals surface area contributed by atoms with E-state index >= 15 is 0 Å². The Balaban J connectivity index is 1.30. The first-order valence-corrected chi connectivity index (χ1v) is 10.4. The molecule has 0 spiro atoms. The largest absolute Gasteiger partial charge is 0.519 e. The molecule has 0 N–H and O–H groups in total. The molecule has 0 aliphatic heterocycles. The van der Waals surface area contributed by atoms with Crippen LogP contribution >= 0.6 is 0 Å². The van der Waals surface area contributed by atoms with E-state index in [2.05, 4.69) is 6.92 Å². The first-order chi connectivity index (χ1) is 14.6. The highest BCUT2D eigenvalue weighted by Gasteiger charge is 2.24. The minimum Gasteiger partial charge on any atom is -0.395 e. The highest BCUT2D eigenvalue weighted by Crippen LogP contribution is 2.33. The van der Waals surface area contributed by atoms with Crippen LogP contribution in [0.3, 0.4) is 0 Å². The number of benzene rings is 3. The molecule has 2 aliphatic carbocycles. The second kappa shape index (κ2) is 8.95. The van der Waals surface area contributed by atoms with Gasteiger partial charge < -0.3 is 9.47 Å². The molecule has 4 nitrogen and oxygen atoms in total. The molecule has 0 fully saturated rings. The van der Waals surface area contributed by atoms with Crippen molar-refractivity contribution in [2.45, 2.75) is 39.0 Å². The van der Waals surface area contributed by atoms with Crippen LogP contribution in [-0.2, 0) is 6.42 Å². The van der Waals surface area contributed by atoms with Crippen LogP contribution in [0.1, 0.15) is 54.1 Å². The van der Waals surface area contributed by atoms with E-state index in [9.17, 15) is 9.59 Å². The predicted octanol–water partition coefficient (Wildman–Crippen LogP) is 6.60. The molecule has 3 aromatic rings. The van der Waals surface area contributed by atoms with Gasteiger partial charge in [-0.1, -0.05) is 62.6 Å². The van der Waals surface area contributed by atoms with Crippen LogP contribution in [0.15, 0.2) is 66.7 Å². The maximum Gasteiger partial charge on any atom is 0.519 e. The molecule has 2 bridgehead atoms. The summed E-state index contributed by atoms with van der Waals surface area (Å²) in [6.45, 7) is 2.20. The van der Waals surface area contributed by atoms with Gasteiger partial charge >= 0.3 is 6.16 Å². The maximum atomic E-state index is 12.1. The molecule has 30 heavy (non-hydrogen) atoms. The van der Waals surface area contributed by atoms with E-state index < -0.39 is 6.16 Å². The Morgan fingerprint density at radius 3 is 1.97 bits per heavy atom. The van der Waals surface area contributed by atoms with Crippen molar-refractivity contribution in [1.29, 1.82) is 0 Å². The van der Waals surface area contributed by atoms with Crippen LogP contribution in [-0.4, -0.2) is 11.9 Å². The van der Waals surface area contributed by atoms with Crippen LogP contribution < -0.4 is 9.47 Å². The van der Waals surface area contributed by atoms with Crippen molar-refractivity contribution < 1.29 is 19.1 Å². The van der Waals surface area contributed by atoms with Gasteiger partial charge in [0, 0.05) is 11.1 Å². The zero-order chi connectivity index (χ0) is 20.9. The summed E-state index contributed by atoms with van der Waals surface area (Å²) in [6.07, 6.45) is 5.16. The van der Waals surface area contributed by atoms with Gasteiger partial charge in [-0.05, 0) is 59.9 Å². The molecule has 0 atom stereocenters. The van der Waals surface area contributed by atoms with Crippen molar-refractivity contribution in [1.82, 2.24) is 0 Å². The topological polar surface area (TPSA) is 52.6 Å². The summed E-state index contributed by atoms with van der Waals surface area (Å²) < 4.78 is 10.5. The summed E-state index contributed by atoms with van der Waals surface area (Å²) in [5.74, 6) is 0.931. The van der Waals surface area contributed by atoms with Gasteiger partial charge in [-0.15, -0.1) is 0 Å². The molecule has 152 valence electrons. The number of carbonyl (C=O) groups is 2. The summed E-state index contributed by atoms with van der Waals surface area (Å²) in [5, 5.41) is 0. The number of aryl methyl sites for hydroxylation is 1. The van der Waals surface area contributed by atoms with Crippen LogP contribution in [0.5, 0.6) is 11.5 Å². The van der Waals surface area contributed by atoms with Crippen molar-refractivity contribution in [2.24, 2.45) is 0 Å². The number of hydrogen-bond donors (Lipinski definition) is 0. The Kier molecular flexibility index (Phi) is 5.94. The Labute approximate surface area is 176 Å². The standard InChI is InChI=1S/C26H24O4/c1-2-3-4-5-6-18-7-12-21(13-8-18)29-26(28)30-22-14-9-19(10-15-22)23-16-11-20-17-24(23)25(20)27/h7-17H,2-6H2,1H3. The average Bonchev–Trinajstić information content (AvgIpc) is 2.78. The third kappa shape index (κ3) is 4.43. The summed E-state index contributed by atoms with van der Waals surface area (Å²) in [6, 6.07) is 20.2. The first kappa shape index (κ1) is 19.9. The minimum absolute atomic E-state index is 0.0865. The van der Waals surface area contributed by atoms with Crippen molar-refractivity contribution >= 4 is 11.9 Å². The molecule has 0 saturated heterocycles. The van der Waals surface area contributed by atoms with Gasteiger partial charge in [0.25, 0.3) is 0 Å². The van der Waals surface area contributed by atoms with Crippen molar-refractivity contribution in [3.05, 3.63) is 83.4 Å². The Hall–Kier alpha value is -3.40. The van der Waals surface area contributed by atoms with E-state index in [-0.39, 0.29) is 5.78 Å². The van der Waals surface area contributed by atoms with Crippen molar-refractivity contribution in [3.63, 3.8) is 0 Å². The van der Waals surface area contributed by atoms with Gasteiger partial charge in [0.2, 0.25) is 0 Å². The highest BCUT2D eigenvalue weighted by atomic mass is 16.7. The maximum absolute atomic E-state index is 12.1. The van der Waals surface area contributed by atoms with E-state index in [0.717, 1.165) is 28.7 Å². The van der Waals surface area contributed by atoms with Crippen LogP contribution in [0.2, 0.25) is 0 Å². The second-order valence-electron chi connectivity index (χ2n) is 7.52. The highest BCUT2D eigenvalue weighted by molar-refractivity contribution is 6.20. The minimum atomic E-state index is -0.778. The molecule has 4 heteroatoms. The lowest BCUT2D eigenvalue weighted by Gasteiger charge is -2.18. The average molecular weight is 400 g/mol. The fraction of sp³-hybridized carbons (Fsp3) is 0.231. The van der Waals surface area contributed by atoms with Gasteiger partial charge in [0.15, 0.2) is 5.78 Å². The van der Waals surface area contributed by atoms with Gasteiger partial charge in [-0.25, -0.2) is 4.79 Å². The van der Waals surface area contributed by atoms with E-state index in [0.29, 0.717) is 11.5 Å². The molecule has 0 heterocycles. The van der Waals surface area contributed by atoms with Gasteiger partial charge in [0.1, 0.15) is 11.5 Å². The Morgan fingerprint density at radius 2 is 1.37 bits per heavy atom. The van der Waals surface area contributed by atoms with E-state index in [1.54, 1.807) is 24.3 Å². The number of ketones is 1. The first-order valence-electron chi connectivity index (χ1n) is 10.4. The molecular formula is C26H24O4. The number of fused-ring (bicyclic) bond motifs is 2. The van der Waals surface area contributed by atoms with Crippen LogP contribution in [0.4, 0.5) is 4.79 Å². The lowest BCUT2D eigenvalue weighted by molar-refractivity contribution is 0.102. The number of hydrogen-bond acceptors (Lipinski definition) is 4. The normalized spacial score (nSPS) is 11.7. The molecule has 0 aromatic heterocycles. The number of carbonyl (C=O) groups excluding carboxylic acids is 2. The summed E-state index contributed by atoms with van der Waals surface area (Å²) >= 11 is 0. The quantitative estimate of drug-likeness (QED) is 0.190. The van der Waals surface area contributed by atoms with Crippen LogP contribution in [0, 0.1) is 0 Å². The van der Waals surface area contributed by atoms with E-state index in [1.807, 2.05) is 42.5 Å². The molecule has 0 unspecified atom stereocenters. The summed E-state index contributed by atoms with van der Waals surface area (Å²) in [7, 11) is 0. The summed E-state index contributed by atoms with van der Waals surface area (Å²) in [5.41, 5.74) is 4.51. The predicted molar refractivity (Wildman–Crippen MR) is 116 cm³/mol. The van der Waals surface area contributed by atoms with Gasteiger partial charge in [-0.2, -0.15) is 0 Å². The van der Waals surface area contributed by atoms with Gasteiger partial charge in [0.05, 0.1) is 0 Å². The van der Waals surface area contributed by atoms with E-state index in [4.69, 9.17) is 9.47 Å². The smallest absolute Gasteiger partial charge is 0.395 e. The molecule has 2 aliphatic rings. The zero-order valence-electron chi connectivity index (χ0n) is 17.0. The van der Waals surface area contributed by atoms with Crippen molar-refractivity contribution in [3.8, 4) is 22.6 Å². The monoisotopic (exact) mass is 400 g/mol. The fourth-order valence-electron chi connectivity index (χ4n) is 3.60. The zero-order valence-corrected chi connectivity index (χ0v) is 17.0. The molecule has 3 aromatic carbocycles. The SMILES string of the molecule is CCCCCCc1ccc(OC(=O)Oc2ccc(-c3ccc4cc3C4=O)cc2)cc1. The van der Waals surface area contributed by atoms with Crippen molar-refractivity contribution in [2.75, 3.05) is 0 Å². The molecule has 0 saturated carbocycles. The summed E-state index contributed by atoms with van der Waals surface area (Å²) in [4.78, 5) is 23.9.